The van der Waals surface area contributed by atoms with Crippen molar-refractivity contribution < 1.29 is 4.79 Å². The molecule has 14 heavy (non-hydrogen) atoms. The number of carbonyl (C=O) groups is 1. The summed E-state index contributed by atoms with van der Waals surface area (Å²) in [4.78, 5) is 14.6. The third-order valence-corrected chi connectivity index (χ3v) is 2.27. The monoisotopic (exact) mass is 319 g/mol. The third-order valence-electron chi connectivity index (χ3n) is 1.43. The molecule has 1 amide bonds. The molecule has 0 saturated heterocycles. The Balaban J connectivity index is 3.14. The second-order valence-electron chi connectivity index (χ2n) is 2.33. The molecule has 0 aliphatic rings. The summed E-state index contributed by atoms with van der Waals surface area (Å²) in [6.45, 7) is 0. The molecule has 1 rings (SSSR count). The van der Waals surface area contributed by atoms with Gasteiger partial charge in [-0.2, -0.15) is 0 Å². The fraction of sp³-hybridized carbons (Fsp3) is 0. The van der Waals surface area contributed by atoms with Crippen LogP contribution in [0.4, 0.5) is 5.82 Å². The lowest BCUT2D eigenvalue weighted by Gasteiger charge is -1.98. The molecule has 0 aliphatic heterocycles. The Bertz CT molecular complexity index is 424. The van der Waals surface area contributed by atoms with Gasteiger partial charge in [0.05, 0.1) is 11.1 Å². The molecule has 0 unspecified atom stereocenters. The van der Waals surface area contributed by atoms with Crippen LogP contribution >= 0.6 is 30.1 Å². The molecule has 0 fully saturated rings. The fourth-order valence-corrected chi connectivity index (χ4v) is 1.26. The second kappa shape index (κ2) is 5.07. The van der Waals surface area contributed by atoms with Crippen LogP contribution in [-0.4, -0.2) is 10.9 Å². The maximum atomic E-state index is 10.8. The number of amides is 1. The molecule has 1 aromatic rings. The molecule has 4 nitrogen and oxygen atoms in total. The number of halogens is 1. The summed E-state index contributed by atoms with van der Waals surface area (Å²) >= 11 is 2.04. The lowest BCUT2D eigenvalue weighted by atomic mass is 10.2. The summed E-state index contributed by atoms with van der Waals surface area (Å²) in [5, 5.41) is 2.75. The Morgan fingerprint density at radius 3 is 2.93 bits per heavy atom. The van der Waals surface area contributed by atoms with Crippen LogP contribution in [0.25, 0.3) is 0 Å². The van der Waals surface area contributed by atoms with Gasteiger partial charge in [-0.25, -0.2) is 4.98 Å². The first-order valence-electron chi connectivity index (χ1n) is 3.49. The molecule has 0 radical (unpaired) electrons. The molecule has 0 saturated carbocycles. The number of nitrogen functional groups attached to an aromatic ring is 1. The Labute approximate surface area is 97.4 Å². The number of anilines is 1. The van der Waals surface area contributed by atoms with Crippen molar-refractivity contribution in [3.05, 3.63) is 23.4 Å². The van der Waals surface area contributed by atoms with Crippen molar-refractivity contribution >= 4 is 41.9 Å². The Morgan fingerprint density at radius 2 is 2.36 bits per heavy atom. The van der Waals surface area contributed by atoms with Crippen molar-refractivity contribution in [1.29, 1.82) is 0 Å². The van der Waals surface area contributed by atoms with E-state index in [4.69, 9.17) is 11.5 Å². The van der Waals surface area contributed by atoms with Crippen LogP contribution in [0.5, 0.6) is 0 Å². The highest BCUT2D eigenvalue weighted by Crippen LogP contribution is 2.12. The fourth-order valence-electron chi connectivity index (χ4n) is 0.784. The van der Waals surface area contributed by atoms with E-state index in [-0.39, 0.29) is 0 Å². The number of pyridine rings is 1. The maximum absolute atomic E-state index is 10.8. The number of nitrogens with two attached hydrogens (primary N) is 2. The van der Waals surface area contributed by atoms with Crippen molar-refractivity contribution in [2.75, 3.05) is 5.73 Å². The lowest BCUT2D eigenvalue weighted by Crippen LogP contribution is -2.12. The number of carbonyl (C=O) groups excluding carboxylic acids is 1. The molecule has 0 aromatic carbocycles. The molecule has 0 spiro atoms. The average Bonchev–Trinajstić information content (AvgIpc) is 2.16. The van der Waals surface area contributed by atoms with E-state index in [0.29, 0.717) is 16.9 Å². The predicted molar refractivity (Wildman–Crippen MR) is 65.7 cm³/mol. The molecular formula is C8H6IN3OS. The smallest absolute Gasteiger partial charge is 0.250 e. The van der Waals surface area contributed by atoms with Gasteiger partial charge in [0.1, 0.15) is 5.82 Å². The van der Waals surface area contributed by atoms with Crippen molar-refractivity contribution in [3.63, 3.8) is 0 Å². The number of hydrogen-bond donors (Lipinski definition) is 2. The molecule has 6 heteroatoms. The summed E-state index contributed by atoms with van der Waals surface area (Å²) < 4.78 is 0. The number of primary amides is 1. The Morgan fingerprint density at radius 1 is 1.64 bits per heavy atom. The van der Waals surface area contributed by atoms with Crippen LogP contribution in [-0.2, 0) is 0 Å². The summed E-state index contributed by atoms with van der Waals surface area (Å²) in [6.07, 6.45) is 1.33. The molecule has 4 N–H and O–H groups in total. The van der Waals surface area contributed by atoms with E-state index in [0.717, 1.165) is 0 Å². The van der Waals surface area contributed by atoms with Crippen LogP contribution in [0, 0.1) is 11.2 Å². The van der Waals surface area contributed by atoms with Crippen molar-refractivity contribution in [2.24, 2.45) is 5.73 Å². The molecule has 0 aliphatic carbocycles. The molecule has 0 atom stereocenters. The highest BCUT2D eigenvalue weighted by Gasteiger charge is 2.04. The van der Waals surface area contributed by atoms with Gasteiger partial charge in [-0.3, -0.25) is 4.79 Å². The van der Waals surface area contributed by atoms with Gasteiger partial charge in [-0.15, -0.1) is 0 Å². The highest BCUT2D eigenvalue weighted by atomic mass is 127. The molecule has 72 valence electrons. The van der Waals surface area contributed by atoms with E-state index in [9.17, 15) is 4.79 Å². The van der Waals surface area contributed by atoms with Crippen LogP contribution in [0.2, 0.25) is 0 Å². The lowest BCUT2D eigenvalue weighted by molar-refractivity contribution is 0.1000. The summed E-state index contributed by atoms with van der Waals surface area (Å²) in [7, 11) is 1.33. The van der Waals surface area contributed by atoms with Gasteiger partial charge in [0.25, 0.3) is 0 Å². The number of aromatic nitrogens is 1. The highest BCUT2D eigenvalue weighted by molar-refractivity contribution is 14.2. The molecule has 1 heterocycles. The number of rotatable bonds is 1. The van der Waals surface area contributed by atoms with Crippen LogP contribution in [0.15, 0.2) is 12.3 Å². The van der Waals surface area contributed by atoms with Gasteiger partial charge in [0.2, 0.25) is 5.91 Å². The van der Waals surface area contributed by atoms with E-state index in [2.05, 4.69) is 16.2 Å². The first kappa shape index (κ1) is 11.1. The van der Waals surface area contributed by atoms with Gasteiger partial charge in [-0.05, 0) is 20.3 Å². The quantitative estimate of drug-likeness (QED) is 0.601. The van der Waals surface area contributed by atoms with E-state index in [1.54, 1.807) is 0 Å². The average molecular weight is 319 g/mol. The SMILES string of the molecule is NC(=O)c1cnc(N)c(C#CSI)c1. The van der Waals surface area contributed by atoms with Gasteiger partial charge >= 0.3 is 0 Å². The zero-order valence-electron chi connectivity index (χ0n) is 6.95. The van der Waals surface area contributed by atoms with Crippen molar-refractivity contribution in [1.82, 2.24) is 4.98 Å². The van der Waals surface area contributed by atoms with Crippen LogP contribution in [0.3, 0.4) is 0 Å². The first-order chi connectivity index (χ1) is 6.65. The van der Waals surface area contributed by atoms with Crippen molar-refractivity contribution in [3.8, 4) is 11.2 Å². The van der Waals surface area contributed by atoms with Gasteiger partial charge in [0, 0.05) is 27.4 Å². The third kappa shape index (κ3) is 2.78. The number of nitrogens with zero attached hydrogens (tertiary/aromatic N) is 1. The van der Waals surface area contributed by atoms with Gasteiger partial charge < -0.3 is 11.5 Å². The zero-order valence-corrected chi connectivity index (χ0v) is 9.93. The van der Waals surface area contributed by atoms with E-state index in [1.165, 1.54) is 21.2 Å². The Kier molecular flexibility index (Phi) is 4.03. The predicted octanol–water partition coefficient (Wildman–Crippen LogP) is 1.15. The van der Waals surface area contributed by atoms with E-state index in [1.807, 2.05) is 21.2 Å². The molecule has 0 bridgehead atoms. The molecular weight excluding hydrogens is 313 g/mol. The summed E-state index contributed by atoms with van der Waals surface area (Å²) in [6, 6.07) is 1.53. The van der Waals surface area contributed by atoms with E-state index >= 15 is 0 Å². The minimum atomic E-state index is -0.539. The summed E-state index contributed by atoms with van der Waals surface area (Å²) in [5.41, 5.74) is 11.5. The normalized spacial score (nSPS) is 8.93. The second-order valence-corrected chi connectivity index (χ2v) is 4.00. The zero-order chi connectivity index (χ0) is 10.6. The maximum Gasteiger partial charge on any atom is 0.250 e. The largest absolute Gasteiger partial charge is 0.383 e. The Hall–Kier alpha value is -0.940. The van der Waals surface area contributed by atoms with Crippen LogP contribution in [0.1, 0.15) is 15.9 Å². The summed E-state index contributed by atoms with van der Waals surface area (Å²) in [5.74, 6) is 2.53. The van der Waals surface area contributed by atoms with Gasteiger partial charge in [-0.1, -0.05) is 5.92 Å². The first-order valence-corrected chi connectivity index (χ1v) is 6.85. The van der Waals surface area contributed by atoms with Crippen molar-refractivity contribution in [2.45, 2.75) is 0 Å². The number of hydrogen-bond acceptors (Lipinski definition) is 4. The molecule has 1 aromatic heterocycles. The topological polar surface area (TPSA) is 82.0 Å². The van der Waals surface area contributed by atoms with Crippen LogP contribution < -0.4 is 11.5 Å². The van der Waals surface area contributed by atoms with Gasteiger partial charge in [0.15, 0.2) is 0 Å². The van der Waals surface area contributed by atoms with E-state index < -0.39 is 5.91 Å². The minimum Gasteiger partial charge on any atom is -0.383 e. The minimum absolute atomic E-state index is 0.299. The standard InChI is InChI=1S/C8H6IN3OS/c9-14-2-1-5-3-6(8(11)13)4-12-7(5)10/h3-4H,(H2,10,12)(H2,11,13).